The Morgan fingerprint density at radius 3 is 2.05 bits per heavy atom. The van der Waals surface area contributed by atoms with Crippen LogP contribution in [0.5, 0.6) is 0 Å². The van der Waals surface area contributed by atoms with Gasteiger partial charge in [-0.1, -0.05) is 58.4 Å². The van der Waals surface area contributed by atoms with Crippen molar-refractivity contribution in [2.45, 2.75) is 124 Å². The molecule has 0 spiro atoms. The van der Waals surface area contributed by atoms with Gasteiger partial charge in [0.2, 0.25) is 17.7 Å². The molecule has 0 unspecified atom stereocenters. The van der Waals surface area contributed by atoms with E-state index in [-0.39, 0.29) is 52.6 Å². The number of hydrogen-bond donors (Lipinski definition) is 0. The maximum absolute atomic E-state index is 14.8. The van der Waals surface area contributed by atoms with Gasteiger partial charge in [-0.3, -0.25) is 19.3 Å². The fraction of sp³-hybridized carbons (Fsp3) is 0.750. The second-order valence-corrected chi connectivity index (χ2v) is 16.9. The van der Waals surface area contributed by atoms with Crippen LogP contribution in [0.2, 0.25) is 5.02 Å². The fourth-order valence-corrected chi connectivity index (χ4v) is 7.57. The van der Waals surface area contributed by atoms with Crippen molar-refractivity contribution in [2.24, 2.45) is 16.7 Å². The van der Waals surface area contributed by atoms with Crippen LogP contribution in [-0.4, -0.2) is 94.2 Å². The third-order valence-corrected chi connectivity index (χ3v) is 10.8. The molecule has 1 aromatic carbocycles. The zero-order chi connectivity index (χ0) is 32.8. The summed E-state index contributed by atoms with van der Waals surface area (Å²) in [5.41, 5.74) is 0.710. The first-order valence-electron chi connectivity index (χ1n) is 16.7. The molecule has 2 saturated heterocycles. The highest BCUT2D eigenvalue weighted by atomic mass is 35.5. The first-order chi connectivity index (χ1) is 20.3. The first kappa shape index (κ1) is 34.7. The van der Waals surface area contributed by atoms with E-state index in [0.717, 1.165) is 37.8 Å². The van der Waals surface area contributed by atoms with E-state index in [2.05, 4.69) is 44.4 Å². The quantitative estimate of drug-likeness (QED) is 0.363. The predicted octanol–water partition coefficient (Wildman–Crippen LogP) is 6.45. The molecule has 7 nitrogen and oxygen atoms in total. The van der Waals surface area contributed by atoms with Crippen LogP contribution >= 0.6 is 11.6 Å². The Labute approximate surface area is 271 Å². The Morgan fingerprint density at radius 1 is 0.932 bits per heavy atom. The molecule has 4 atom stereocenters. The van der Waals surface area contributed by atoms with Crippen LogP contribution < -0.4 is 0 Å². The molecule has 0 bridgehead atoms. The van der Waals surface area contributed by atoms with E-state index in [0.29, 0.717) is 31.1 Å². The number of amides is 3. The molecule has 2 aliphatic heterocycles. The molecule has 1 aliphatic carbocycles. The second kappa shape index (κ2) is 12.9. The van der Waals surface area contributed by atoms with Crippen molar-refractivity contribution in [1.82, 2.24) is 19.6 Å². The Bertz CT molecular complexity index is 1190. The molecular weight excluding hydrogens is 572 g/mol. The number of halogens is 1. The fourth-order valence-electron chi connectivity index (χ4n) is 7.45. The van der Waals surface area contributed by atoms with Crippen LogP contribution in [-0.2, 0) is 14.4 Å². The monoisotopic (exact) mass is 628 g/mol. The Kier molecular flexibility index (Phi) is 10.2. The molecule has 44 heavy (non-hydrogen) atoms. The largest absolute Gasteiger partial charge is 0.344 e. The van der Waals surface area contributed by atoms with Crippen molar-refractivity contribution >= 4 is 29.3 Å². The minimum Gasteiger partial charge on any atom is -0.344 e. The summed E-state index contributed by atoms with van der Waals surface area (Å²) in [6.45, 7) is 21.5. The van der Waals surface area contributed by atoms with Crippen molar-refractivity contribution in [3.8, 4) is 0 Å². The summed E-state index contributed by atoms with van der Waals surface area (Å²) >= 11 is 6.24. The highest BCUT2D eigenvalue weighted by Gasteiger charge is 2.51. The summed E-state index contributed by atoms with van der Waals surface area (Å²) in [6.07, 6.45) is 4.52. The van der Waals surface area contributed by atoms with E-state index in [9.17, 15) is 14.4 Å². The molecule has 0 radical (unpaired) electrons. The summed E-state index contributed by atoms with van der Waals surface area (Å²) in [5.74, 6) is -0.195. The maximum Gasteiger partial charge on any atom is 0.245 e. The molecule has 1 saturated carbocycles. The van der Waals surface area contributed by atoms with Gasteiger partial charge < -0.3 is 14.7 Å². The van der Waals surface area contributed by atoms with Gasteiger partial charge in [0.1, 0.15) is 6.04 Å². The average molecular weight is 629 g/mol. The number of likely N-dealkylation sites (N-methyl/N-ethyl adjacent to an activating group) is 1. The number of rotatable bonds is 6. The molecule has 4 rings (SSSR count). The normalized spacial score (nSPS) is 26.6. The first-order valence-corrected chi connectivity index (χ1v) is 17.1. The maximum atomic E-state index is 14.8. The lowest BCUT2D eigenvalue weighted by Crippen LogP contribution is -2.54. The van der Waals surface area contributed by atoms with Crippen molar-refractivity contribution in [2.75, 3.05) is 33.2 Å². The van der Waals surface area contributed by atoms with Gasteiger partial charge in [0, 0.05) is 61.2 Å². The number of carbonyl (C=O) groups excluding carboxylic acids is 3. The van der Waals surface area contributed by atoms with Gasteiger partial charge in [0.25, 0.3) is 0 Å². The van der Waals surface area contributed by atoms with Crippen LogP contribution in [0.4, 0.5) is 0 Å². The molecule has 3 amide bonds. The van der Waals surface area contributed by atoms with Crippen molar-refractivity contribution < 1.29 is 14.4 Å². The molecule has 246 valence electrons. The van der Waals surface area contributed by atoms with Gasteiger partial charge in [0.15, 0.2) is 0 Å². The van der Waals surface area contributed by atoms with Crippen LogP contribution in [0, 0.1) is 16.7 Å². The molecule has 3 fully saturated rings. The number of carbonyl (C=O) groups is 3. The van der Waals surface area contributed by atoms with Crippen molar-refractivity contribution in [3.05, 3.63) is 34.9 Å². The third-order valence-electron chi connectivity index (χ3n) is 10.6. The molecule has 3 aliphatic rings. The van der Waals surface area contributed by atoms with E-state index >= 15 is 0 Å². The predicted molar refractivity (Wildman–Crippen MR) is 179 cm³/mol. The molecular formula is C36H57ClN4O3. The lowest BCUT2D eigenvalue weighted by Gasteiger charge is -2.45. The van der Waals surface area contributed by atoms with Crippen LogP contribution in [0.1, 0.15) is 106 Å². The molecule has 0 aromatic heterocycles. The number of benzene rings is 1. The summed E-state index contributed by atoms with van der Waals surface area (Å²) in [4.78, 5) is 50.9. The van der Waals surface area contributed by atoms with Crippen LogP contribution in [0.25, 0.3) is 0 Å². The smallest absolute Gasteiger partial charge is 0.245 e. The lowest BCUT2D eigenvalue weighted by molar-refractivity contribution is -0.147. The molecule has 8 heteroatoms. The highest BCUT2D eigenvalue weighted by molar-refractivity contribution is 6.30. The van der Waals surface area contributed by atoms with E-state index in [1.54, 1.807) is 4.90 Å². The average Bonchev–Trinajstić information content (AvgIpc) is 3.58. The van der Waals surface area contributed by atoms with Crippen molar-refractivity contribution in [1.29, 1.82) is 0 Å². The van der Waals surface area contributed by atoms with Crippen molar-refractivity contribution in [3.63, 3.8) is 0 Å². The topological polar surface area (TPSA) is 64.2 Å². The SMILES string of the molecule is CCN(C)C(=O)[C@@H]1C[C@H](N(C(=O)C(C)(C)C)C2CCC(C)(C)CC2)CN1C(=O)[C@@H]1CN(C(C)(C)C)C[C@H]1c1ccc(Cl)cc1. The summed E-state index contributed by atoms with van der Waals surface area (Å²) in [5, 5.41) is 0.674. The van der Waals surface area contributed by atoms with Gasteiger partial charge >= 0.3 is 0 Å². The Morgan fingerprint density at radius 2 is 1.52 bits per heavy atom. The van der Waals surface area contributed by atoms with Gasteiger partial charge in [-0.25, -0.2) is 0 Å². The van der Waals surface area contributed by atoms with Crippen LogP contribution in [0.3, 0.4) is 0 Å². The zero-order valence-corrected chi connectivity index (χ0v) is 29.7. The van der Waals surface area contributed by atoms with E-state index in [1.165, 1.54) is 0 Å². The summed E-state index contributed by atoms with van der Waals surface area (Å²) < 4.78 is 0. The Hall–Kier alpha value is -2.12. The van der Waals surface area contributed by atoms with Gasteiger partial charge in [-0.2, -0.15) is 0 Å². The standard InChI is InChI=1S/C36H57ClN4O3/c1-11-38(10)32(43)30-20-27(41(33(44)34(2,3)4)26-16-18-36(8,9)19-17-26)21-40(30)31(42)29-23-39(35(5,6)7)22-28(29)24-12-14-25(37)15-13-24/h12-15,26-30H,11,16-23H2,1-10H3/t27-,28-,29+,30-/m0/s1. The third kappa shape index (κ3) is 7.46. The van der Waals surface area contributed by atoms with Crippen LogP contribution in [0.15, 0.2) is 24.3 Å². The Balaban J connectivity index is 1.70. The number of likely N-dealkylation sites (tertiary alicyclic amines) is 2. The van der Waals surface area contributed by atoms with E-state index in [1.807, 2.05) is 63.9 Å². The van der Waals surface area contributed by atoms with Gasteiger partial charge in [0.05, 0.1) is 12.0 Å². The molecule has 0 N–H and O–H groups in total. The zero-order valence-electron chi connectivity index (χ0n) is 29.0. The molecule has 1 aromatic rings. The van der Waals surface area contributed by atoms with Gasteiger partial charge in [-0.05, 0) is 82.9 Å². The highest BCUT2D eigenvalue weighted by Crippen LogP contribution is 2.42. The number of hydrogen-bond acceptors (Lipinski definition) is 4. The minimum absolute atomic E-state index is 0.00872. The summed E-state index contributed by atoms with van der Waals surface area (Å²) in [7, 11) is 1.81. The minimum atomic E-state index is -0.581. The van der Waals surface area contributed by atoms with E-state index in [4.69, 9.17) is 11.6 Å². The molecule has 2 heterocycles. The second-order valence-electron chi connectivity index (χ2n) is 16.4. The van der Waals surface area contributed by atoms with Gasteiger partial charge in [-0.15, -0.1) is 0 Å². The lowest BCUT2D eigenvalue weighted by atomic mass is 9.74. The van der Waals surface area contributed by atoms with E-state index < -0.39 is 11.5 Å². The summed E-state index contributed by atoms with van der Waals surface area (Å²) in [6, 6.07) is 7.22. The number of nitrogens with zero attached hydrogens (tertiary/aromatic N) is 4.